The van der Waals surface area contributed by atoms with Crippen molar-refractivity contribution in [3.05, 3.63) is 59.2 Å². The molecule has 1 N–H and O–H groups in total. The second-order valence-electron chi connectivity index (χ2n) is 5.44. The first-order valence-electron chi connectivity index (χ1n) is 7.65. The van der Waals surface area contributed by atoms with Crippen molar-refractivity contribution in [2.45, 2.75) is 19.8 Å². The van der Waals surface area contributed by atoms with Gasteiger partial charge in [-0.3, -0.25) is 4.79 Å². The van der Waals surface area contributed by atoms with E-state index in [0.717, 1.165) is 29.0 Å². The molecule has 4 nitrogen and oxygen atoms in total. The molecule has 0 aliphatic heterocycles. The molecule has 2 aromatic carbocycles. The van der Waals surface area contributed by atoms with Crippen LogP contribution in [-0.2, 0) is 17.6 Å². The minimum Gasteiger partial charge on any atom is -0.497 e. The Morgan fingerprint density at radius 2 is 1.91 bits per heavy atom. The molecular weight excluding hydrogens is 290 g/mol. The van der Waals surface area contributed by atoms with Crippen LogP contribution in [-0.4, -0.2) is 26.7 Å². The lowest BCUT2D eigenvalue weighted by molar-refractivity contribution is -0.120. The lowest BCUT2D eigenvalue weighted by atomic mass is 10.1. The zero-order valence-corrected chi connectivity index (χ0v) is 13.9. The van der Waals surface area contributed by atoms with E-state index < -0.39 is 0 Å². The molecule has 0 radical (unpaired) electrons. The quantitative estimate of drug-likeness (QED) is 0.855. The van der Waals surface area contributed by atoms with E-state index in [4.69, 9.17) is 9.47 Å². The van der Waals surface area contributed by atoms with Crippen molar-refractivity contribution >= 4 is 5.91 Å². The van der Waals surface area contributed by atoms with Gasteiger partial charge in [0.2, 0.25) is 5.91 Å². The largest absolute Gasteiger partial charge is 0.497 e. The highest BCUT2D eigenvalue weighted by Gasteiger charge is 2.06. The SMILES string of the molecule is COc1cccc(CC(=O)NCCc2cc(C)ccc2OC)c1. The highest BCUT2D eigenvalue weighted by atomic mass is 16.5. The number of hydrogen-bond acceptors (Lipinski definition) is 3. The number of carbonyl (C=O) groups excluding carboxylic acids is 1. The Hall–Kier alpha value is -2.49. The first kappa shape index (κ1) is 16.9. The maximum atomic E-state index is 12.0. The van der Waals surface area contributed by atoms with Gasteiger partial charge in [-0.15, -0.1) is 0 Å². The van der Waals surface area contributed by atoms with E-state index in [1.54, 1.807) is 14.2 Å². The molecule has 0 spiro atoms. The Kier molecular flexibility index (Phi) is 6.03. The van der Waals surface area contributed by atoms with Crippen LogP contribution in [0.2, 0.25) is 0 Å². The lowest BCUT2D eigenvalue weighted by Crippen LogP contribution is -2.27. The third kappa shape index (κ3) is 5.02. The summed E-state index contributed by atoms with van der Waals surface area (Å²) >= 11 is 0. The third-order valence-electron chi connectivity index (χ3n) is 3.65. The summed E-state index contributed by atoms with van der Waals surface area (Å²) in [4.78, 5) is 12.0. The van der Waals surface area contributed by atoms with Gasteiger partial charge >= 0.3 is 0 Å². The smallest absolute Gasteiger partial charge is 0.224 e. The number of benzene rings is 2. The molecule has 0 aliphatic rings. The number of hydrogen-bond donors (Lipinski definition) is 1. The molecule has 4 heteroatoms. The molecule has 0 atom stereocenters. The van der Waals surface area contributed by atoms with E-state index in [1.165, 1.54) is 5.56 Å². The predicted octanol–water partition coefficient (Wildman–Crippen LogP) is 2.91. The van der Waals surface area contributed by atoms with Crippen molar-refractivity contribution < 1.29 is 14.3 Å². The summed E-state index contributed by atoms with van der Waals surface area (Å²) in [6, 6.07) is 13.6. The van der Waals surface area contributed by atoms with Gasteiger partial charge in [0.05, 0.1) is 20.6 Å². The third-order valence-corrected chi connectivity index (χ3v) is 3.65. The van der Waals surface area contributed by atoms with Crippen molar-refractivity contribution in [2.75, 3.05) is 20.8 Å². The van der Waals surface area contributed by atoms with Crippen LogP contribution in [0.5, 0.6) is 11.5 Å². The topological polar surface area (TPSA) is 47.6 Å². The zero-order valence-electron chi connectivity index (χ0n) is 13.9. The van der Waals surface area contributed by atoms with Crippen molar-refractivity contribution in [3.63, 3.8) is 0 Å². The molecule has 0 saturated heterocycles. The molecule has 0 aromatic heterocycles. The number of rotatable bonds is 7. The van der Waals surface area contributed by atoms with Crippen LogP contribution >= 0.6 is 0 Å². The summed E-state index contributed by atoms with van der Waals surface area (Å²) in [6.45, 7) is 2.63. The van der Waals surface area contributed by atoms with Crippen molar-refractivity contribution in [2.24, 2.45) is 0 Å². The van der Waals surface area contributed by atoms with Gasteiger partial charge in [0.15, 0.2) is 0 Å². The number of carbonyl (C=O) groups is 1. The standard InChI is InChI=1S/C19H23NO3/c1-14-7-8-18(23-3)16(11-14)9-10-20-19(21)13-15-5-4-6-17(12-15)22-2/h4-8,11-12H,9-10,13H2,1-3H3,(H,20,21). The number of methoxy groups -OCH3 is 2. The average molecular weight is 313 g/mol. The van der Waals surface area contributed by atoms with E-state index >= 15 is 0 Å². The van der Waals surface area contributed by atoms with Gasteiger partial charge in [-0.05, 0) is 42.7 Å². The minimum absolute atomic E-state index is 0.00451. The van der Waals surface area contributed by atoms with Crippen molar-refractivity contribution in [3.8, 4) is 11.5 Å². The minimum atomic E-state index is 0.00451. The molecule has 23 heavy (non-hydrogen) atoms. The van der Waals surface area contributed by atoms with Gasteiger partial charge in [-0.25, -0.2) is 0 Å². The van der Waals surface area contributed by atoms with Crippen LogP contribution < -0.4 is 14.8 Å². The lowest BCUT2D eigenvalue weighted by Gasteiger charge is -2.10. The molecule has 2 aromatic rings. The predicted molar refractivity (Wildman–Crippen MR) is 91.1 cm³/mol. The fraction of sp³-hybridized carbons (Fsp3) is 0.316. The molecule has 1 amide bonds. The molecule has 0 bridgehead atoms. The average Bonchev–Trinajstić information content (AvgIpc) is 2.55. The normalized spacial score (nSPS) is 10.2. The molecular formula is C19H23NO3. The van der Waals surface area contributed by atoms with Gasteiger partial charge in [-0.2, -0.15) is 0 Å². The number of nitrogens with one attached hydrogen (secondary N) is 1. The zero-order chi connectivity index (χ0) is 16.7. The fourth-order valence-corrected chi connectivity index (χ4v) is 2.47. The van der Waals surface area contributed by atoms with Gasteiger partial charge < -0.3 is 14.8 Å². The fourth-order valence-electron chi connectivity index (χ4n) is 2.47. The maximum absolute atomic E-state index is 12.0. The monoisotopic (exact) mass is 313 g/mol. The van der Waals surface area contributed by atoms with E-state index in [2.05, 4.69) is 11.4 Å². The van der Waals surface area contributed by atoms with Crippen LogP contribution in [0.1, 0.15) is 16.7 Å². The summed E-state index contributed by atoms with van der Waals surface area (Å²) in [5, 5.41) is 2.95. The molecule has 0 saturated carbocycles. The second-order valence-corrected chi connectivity index (χ2v) is 5.44. The molecule has 122 valence electrons. The van der Waals surface area contributed by atoms with E-state index in [0.29, 0.717) is 13.0 Å². The van der Waals surface area contributed by atoms with Crippen LogP contribution in [0.4, 0.5) is 0 Å². The molecule has 0 fully saturated rings. The van der Waals surface area contributed by atoms with E-state index in [1.807, 2.05) is 43.3 Å². The summed E-state index contributed by atoms with van der Waals surface area (Å²) in [5.41, 5.74) is 3.23. The van der Waals surface area contributed by atoms with Gasteiger partial charge in [0.1, 0.15) is 11.5 Å². The van der Waals surface area contributed by atoms with E-state index in [9.17, 15) is 4.79 Å². The van der Waals surface area contributed by atoms with Gasteiger partial charge in [-0.1, -0.05) is 29.8 Å². The highest BCUT2D eigenvalue weighted by Crippen LogP contribution is 2.19. The van der Waals surface area contributed by atoms with Crippen molar-refractivity contribution in [1.82, 2.24) is 5.32 Å². The first-order valence-corrected chi connectivity index (χ1v) is 7.65. The summed E-state index contributed by atoms with van der Waals surface area (Å²) in [6.07, 6.45) is 1.09. The molecule has 0 aliphatic carbocycles. The van der Waals surface area contributed by atoms with Crippen LogP contribution in [0, 0.1) is 6.92 Å². The summed E-state index contributed by atoms with van der Waals surface area (Å²) < 4.78 is 10.5. The Bertz CT molecular complexity index is 667. The Balaban J connectivity index is 1.86. The van der Waals surface area contributed by atoms with Gasteiger partial charge in [0.25, 0.3) is 0 Å². The second kappa shape index (κ2) is 8.22. The van der Waals surface area contributed by atoms with E-state index in [-0.39, 0.29) is 5.91 Å². The highest BCUT2D eigenvalue weighted by molar-refractivity contribution is 5.78. The van der Waals surface area contributed by atoms with Gasteiger partial charge in [0, 0.05) is 6.54 Å². The Labute approximate surface area is 137 Å². The molecule has 2 rings (SSSR count). The Morgan fingerprint density at radius 1 is 1.09 bits per heavy atom. The van der Waals surface area contributed by atoms with Crippen LogP contribution in [0.3, 0.4) is 0 Å². The molecule has 0 heterocycles. The van der Waals surface area contributed by atoms with Crippen LogP contribution in [0.25, 0.3) is 0 Å². The Morgan fingerprint density at radius 3 is 2.65 bits per heavy atom. The number of aryl methyl sites for hydroxylation is 1. The molecule has 0 unspecified atom stereocenters. The number of ether oxygens (including phenoxy) is 2. The summed E-state index contributed by atoms with van der Waals surface area (Å²) in [7, 11) is 3.28. The maximum Gasteiger partial charge on any atom is 0.224 e. The first-order chi connectivity index (χ1) is 11.1. The van der Waals surface area contributed by atoms with Crippen molar-refractivity contribution in [1.29, 1.82) is 0 Å². The summed E-state index contributed by atoms with van der Waals surface area (Å²) in [5.74, 6) is 1.63. The number of amides is 1. The van der Waals surface area contributed by atoms with Crippen LogP contribution in [0.15, 0.2) is 42.5 Å².